The summed E-state index contributed by atoms with van der Waals surface area (Å²) in [6.45, 7) is 7.93. The number of ether oxygens (including phenoxy) is 2. The molecule has 8 heteroatoms. The number of carbonyl (C=O) groups excluding carboxylic acids is 1. The van der Waals surface area contributed by atoms with Crippen LogP contribution >= 0.6 is 0 Å². The molecular weight excluding hydrogens is 495 g/mol. The van der Waals surface area contributed by atoms with E-state index in [1.807, 2.05) is 0 Å². The predicted molar refractivity (Wildman–Crippen MR) is 142 cm³/mol. The monoisotopic (exact) mass is 533 g/mol. The van der Waals surface area contributed by atoms with Crippen molar-refractivity contribution in [1.29, 1.82) is 0 Å². The maximum Gasteiger partial charge on any atom is 0.416 e. The van der Waals surface area contributed by atoms with Gasteiger partial charge < -0.3 is 19.9 Å². The van der Waals surface area contributed by atoms with Gasteiger partial charge in [0, 0.05) is 18.2 Å². The summed E-state index contributed by atoms with van der Waals surface area (Å²) >= 11 is 0. The maximum absolute atomic E-state index is 13.3. The van der Waals surface area contributed by atoms with Crippen LogP contribution in [0.3, 0.4) is 0 Å². The van der Waals surface area contributed by atoms with Gasteiger partial charge >= 0.3 is 12.1 Å². The van der Waals surface area contributed by atoms with Crippen LogP contribution in [0.2, 0.25) is 0 Å². The molecule has 1 aliphatic carbocycles. The van der Waals surface area contributed by atoms with Crippen molar-refractivity contribution in [2.45, 2.75) is 70.9 Å². The number of aliphatic hydroxyl groups is 1. The lowest BCUT2D eigenvalue weighted by Crippen LogP contribution is -2.45. The summed E-state index contributed by atoms with van der Waals surface area (Å²) in [5.41, 5.74) is 2.47. The fourth-order valence-electron chi connectivity index (χ4n) is 4.99. The highest BCUT2D eigenvalue weighted by atomic mass is 19.4. The van der Waals surface area contributed by atoms with Gasteiger partial charge in [0.2, 0.25) is 0 Å². The largest absolute Gasteiger partial charge is 0.463 e. The number of alkyl halides is 3. The number of β-amino-alcohol motifs (C(OH)–C–C–N with tert-alkyl or cyclic N) is 1. The molecule has 1 unspecified atom stereocenters. The molecular formula is C30H38F3NO4. The Hall–Kier alpha value is -2.68. The predicted octanol–water partition coefficient (Wildman–Crippen LogP) is 5.89. The van der Waals surface area contributed by atoms with Gasteiger partial charge in [0.25, 0.3) is 0 Å². The number of hydrogen-bond donors (Lipinski definition) is 2. The van der Waals surface area contributed by atoms with Gasteiger partial charge in [-0.3, -0.25) is 0 Å². The minimum Gasteiger partial charge on any atom is -0.463 e. The summed E-state index contributed by atoms with van der Waals surface area (Å²) in [6.07, 6.45) is -0.482. The molecule has 0 bridgehead atoms. The SMILES string of the molecule is CCOC(=O)/C=C/c1ccc(C(F)(F)F)cc1[C@@H](C)OCC(O)CNC(C)(C)CC1Cc2ccccc2C1. The summed E-state index contributed by atoms with van der Waals surface area (Å²) in [7, 11) is 0. The Labute approximate surface area is 223 Å². The second kappa shape index (κ2) is 12.9. The van der Waals surface area contributed by atoms with E-state index < -0.39 is 29.9 Å². The summed E-state index contributed by atoms with van der Waals surface area (Å²) < 4.78 is 50.7. The van der Waals surface area contributed by atoms with Crippen LogP contribution in [0.25, 0.3) is 6.08 Å². The smallest absolute Gasteiger partial charge is 0.416 e. The van der Waals surface area contributed by atoms with Gasteiger partial charge in [0.15, 0.2) is 0 Å². The van der Waals surface area contributed by atoms with Gasteiger partial charge in [-0.15, -0.1) is 0 Å². The summed E-state index contributed by atoms with van der Waals surface area (Å²) in [5, 5.41) is 14.0. The normalized spacial score (nSPS) is 16.0. The molecule has 208 valence electrons. The van der Waals surface area contributed by atoms with Crippen LogP contribution in [0.4, 0.5) is 13.2 Å². The minimum atomic E-state index is -4.52. The van der Waals surface area contributed by atoms with Gasteiger partial charge in [-0.1, -0.05) is 30.3 Å². The van der Waals surface area contributed by atoms with E-state index in [9.17, 15) is 23.1 Å². The van der Waals surface area contributed by atoms with E-state index in [1.165, 1.54) is 29.3 Å². The molecule has 0 fully saturated rings. The third-order valence-corrected chi connectivity index (χ3v) is 6.83. The summed E-state index contributed by atoms with van der Waals surface area (Å²) in [5.74, 6) is -0.0529. The zero-order chi connectivity index (χ0) is 27.9. The number of nitrogens with one attached hydrogen (secondary N) is 1. The molecule has 1 aliphatic rings. The Kier molecular flexibility index (Phi) is 10.2. The Morgan fingerprint density at radius 3 is 2.42 bits per heavy atom. The van der Waals surface area contributed by atoms with E-state index in [1.54, 1.807) is 13.8 Å². The fourth-order valence-corrected chi connectivity index (χ4v) is 4.99. The number of halogens is 3. The van der Waals surface area contributed by atoms with Gasteiger partial charge in [0.05, 0.1) is 31.0 Å². The topological polar surface area (TPSA) is 67.8 Å². The zero-order valence-electron chi connectivity index (χ0n) is 22.5. The number of benzene rings is 2. The van der Waals surface area contributed by atoms with Crippen molar-refractivity contribution in [2.75, 3.05) is 19.8 Å². The first kappa shape index (κ1) is 29.9. The molecule has 3 rings (SSSR count). The quantitative estimate of drug-likeness (QED) is 0.263. The number of hydrogen-bond acceptors (Lipinski definition) is 5. The lowest BCUT2D eigenvalue weighted by Gasteiger charge is -2.31. The molecule has 0 saturated heterocycles. The van der Waals surface area contributed by atoms with Gasteiger partial charge in [0.1, 0.15) is 0 Å². The molecule has 0 radical (unpaired) electrons. The average molecular weight is 534 g/mol. The highest BCUT2D eigenvalue weighted by molar-refractivity contribution is 5.87. The van der Waals surface area contributed by atoms with Crippen LogP contribution in [-0.2, 0) is 33.3 Å². The molecule has 0 heterocycles. The van der Waals surface area contributed by atoms with Crippen molar-refractivity contribution < 1.29 is 32.5 Å². The second-order valence-electron chi connectivity index (χ2n) is 10.6. The highest BCUT2D eigenvalue weighted by Crippen LogP contribution is 2.34. The Morgan fingerprint density at radius 1 is 1.16 bits per heavy atom. The minimum absolute atomic E-state index is 0.0591. The van der Waals surface area contributed by atoms with Crippen molar-refractivity contribution in [1.82, 2.24) is 5.32 Å². The van der Waals surface area contributed by atoms with Crippen molar-refractivity contribution >= 4 is 12.0 Å². The summed E-state index contributed by atoms with van der Waals surface area (Å²) in [6, 6.07) is 11.8. The lowest BCUT2D eigenvalue weighted by molar-refractivity contribution is -0.138. The molecule has 5 nitrogen and oxygen atoms in total. The second-order valence-corrected chi connectivity index (χ2v) is 10.6. The van der Waals surface area contributed by atoms with Crippen LogP contribution in [0.1, 0.15) is 68.0 Å². The first-order valence-electron chi connectivity index (χ1n) is 13.1. The van der Waals surface area contributed by atoms with E-state index in [4.69, 9.17) is 9.47 Å². The Morgan fingerprint density at radius 2 is 1.82 bits per heavy atom. The molecule has 2 aromatic carbocycles. The molecule has 0 spiro atoms. The van der Waals surface area contributed by atoms with E-state index in [2.05, 4.69) is 43.4 Å². The van der Waals surface area contributed by atoms with E-state index >= 15 is 0 Å². The standard InChI is InChI=1S/C30H38F3NO4/c1-5-37-28(36)13-11-22-10-12-25(30(31,32)33)16-27(22)20(2)38-19-26(35)18-34-29(3,4)17-21-14-23-8-6-7-9-24(23)15-21/h6-13,16,20-21,26,34-35H,5,14-15,17-19H2,1-4H3/b13-11+/t20-,26?/m1/s1. The molecule has 2 N–H and O–H groups in total. The molecule has 0 aromatic heterocycles. The number of carbonyl (C=O) groups is 1. The van der Waals surface area contributed by atoms with Gasteiger partial charge in [-0.25, -0.2) is 4.79 Å². The van der Waals surface area contributed by atoms with Crippen molar-refractivity contribution in [3.05, 3.63) is 76.4 Å². The van der Waals surface area contributed by atoms with Crippen molar-refractivity contribution in [3.8, 4) is 0 Å². The maximum atomic E-state index is 13.3. The van der Waals surface area contributed by atoms with Gasteiger partial charge in [-0.05, 0) is 93.3 Å². The van der Waals surface area contributed by atoms with Gasteiger partial charge in [-0.2, -0.15) is 13.2 Å². The lowest BCUT2D eigenvalue weighted by atomic mass is 9.88. The first-order chi connectivity index (χ1) is 17.9. The van der Waals surface area contributed by atoms with E-state index in [0.29, 0.717) is 11.5 Å². The van der Waals surface area contributed by atoms with Crippen LogP contribution in [0.5, 0.6) is 0 Å². The van der Waals surface area contributed by atoms with Crippen LogP contribution in [0, 0.1) is 5.92 Å². The number of fused-ring (bicyclic) bond motifs is 1. The number of rotatable bonds is 12. The highest BCUT2D eigenvalue weighted by Gasteiger charge is 2.32. The van der Waals surface area contributed by atoms with Crippen LogP contribution < -0.4 is 5.32 Å². The molecule has 2 atom stereocenters. The zero-order valence-corrected chi connectivity index (χ0v) is 22.5. The Balaban J connectivity index is 1.56. The fraction of sp³-hybridized carbons (Fsp3) is 0.500. The van der Waals surface area contributed by atoms with E-state index in [-0.39, 0.29) is 30.9 Å². The molecule has 38 heavy (non-hydrogen) atoms. The third-order valence-electron chi connectivity index (χ3n) is 6.83. The Bertz CT molecular complexity index is 1090. The molecule has 2 aromatic rings. The summed E-state index contributed by atoms with van der Waals surface area (Å²) in [4.78, 5) is 11.7. The third kappa shape index (κ3) is 8.68. The number of aliphatic hydroxyl groups excluding tert-OH is 1. The molecule has 0 saturated carbocycles. The molecule has 0 aliphatic heterocycles. The average Bonchev–Trinajstić information content (AvgIpc) is 3.26. The number of esters is 1. The van der Waals surface area contributed by atoms with Crippen LogP contribution in [-0.4, -0.2) is 42.5 Å². The first-order valence-corrected chi connectivity index (χ1v) is 13.1. The van der Waals surface area contributed by atoms with Crippen molar-refractivity contribution in [2.24, 2.45) is 5.92 Å². The van der Waals surface area contributed by atoms with Crippen LogP contribution in [0.15, 0.2) is 48.5 Å². The van der Waals surface area contributed by atoms with E-state index in [0.717, 1.165) is 31.4 Å². The van der Waals surface area contributed by atoms with Crippen molar-refractivity contribution in [3.63, 3.8) is 0 Å². The molecule has 0 amide bonds.